The van der Waals surface area contributed by atoms with E-state index in [-0.39, 0.29) is 31.3 Å². The highest BCUT2D eigenvalue weighted by Crippen LogP contribution is 2.22. The summed E-state index contributed by atoms with van der Waals surface area (Å²) in [7, 11) is 0. The zero-order valence-electron chi connectivity index (χ0n) is 10.2. The molecule has 0 radical (unpaired) electrons. The van der Waals surface area contributed by atoms with Crippen LogP contribution in [-0.2, 0) is 9.59 Å². The molecule has 1 aliphatic heterocycles. The van der Waals surface area contributed by atoms with Gasteiger partial charge in [0.25, 0.3) is 0 Å². The van der Waals surface area contributed by atoms with Crippen molar-refractivity contribution >= 4 is 11.8 Å². The van der Waals surface area contributed by atoms with E-state index >= 15 is 0 Å². The molecule has 18 heavy (non-hydrogen) atoms. The van der Waals surface area contributed by atoms with Gasteiger partial charge >= 0.3 is 6.18 Å². The van der Waals surface area contributed by atoms with Crippen LogP contribution in [0.4, 0.5) is 13.2 Å². The standard InChI is InChI=1S/C11H17F3N2O2/c1-2-4-8-10(18)15-7-9(17)16(8)6-3-5-11(12,13)14/h8H,2-7H2,1H3,(H,15,18). The van der Waals surface area contributed by atoms with Crippen molar-refractivity contribution in [3.05, 3.63) is 0 Å². The lowest BCUT2D eigenvalue weighted by Crippen LogP contribution is -2.58. The molecule has 104 valence electrons. The van der Waals surface area contributed by atoms with Crippen LogP contribution in [0.25, 0.3) is 0 Å². The second-order valence-electron chi connectivity index (χ2n) is 4.33. The van der Waals surface area contributed by atoms with Crippen molar-refractivity contribution in [2.75, 3.05) is 13.1 Å². The van der Waals surface area contributed by atoms with Crippen LogP contribution in [0, 0.1) is 0 Å². The fourth-order valence-electron chi connectivity index (χ4n) is 1.99. The van der Waals surface area contributed by atoms with Gasteiger partial charge in [-0.05, 0) is 12.8 Å². The van der Waals surface area contributed by atoms with Crippen LogP contribution >= 0.6 is 0 Å². The van der Waals surface area contributed by atoms with Crippen LogP contribution in [0.3, 0.4) is 0 Å². The summed E-state index contributed by atoms with van der Waals surface area (Å²) in [4.78, 5) is 24.5. The Morgan fingerprint density at radius 3 is 2.61 bits per heavy atom. The number of piperazine rings is 1. The molecule has 0 spiro atoms. The van der Waals surface area contributed by atoms with E-state index in [4.69, 9.17) is 0 Å². The molecule has 1 N–H and O–H groups in total. The SMILES string of the molecule is CCCC1C(=O)NCC(=O)N1CCCC(F)(F)F. The number of nitrogens with zero attached hydrogens (tertiary/aromatic N) is 1. The van der Waals surface area contributed by atoms with E-state index in [1.54, 1.807) is 0 Å². The summed E-state index contributed by atoms with van der Waals surface area (Å²) in [5.41, 5.74) is 0. The molecular weight excluding hydrogens is 249 g/mol. The molecule has 1 atom stereocenters. The Hall–Kier alpha value is -1.27. The van der Waals surface area contributed by atoms with Gasteiger partial charge in [0.2, 0.25) is 11.8 Å². The number of nitrogens with one attached hydrogen (secondary N) is 1. The van der Waals surface area contributed by atoms with Crippen LogP contribution < -0.4 is 5.32 Å². The van der Waals surface area contributed by atoms with E-state index in [1.165, 1.54) is 4.90 Å². The van der Waals surface area contributed by atoms with Crippen molar-refractivity contribution < 1.29 is 22.8 Å². The fraction of sp³-hybridized carbons (Fsp3) is 0.818. The van der Waals surface area contributed by atoms with Gasteiger partial charge in [-0.25, -0.2) is 0 Å². The zero-order valence-corrected chi connectivity index (χ0v) is 10.2. The van der Waals surface area contributed by atoms with Crippen molar-refractivity contribution in [3.63, 3.8) is 0 Å². The second kappa shape index (κ2) is 6.06. The van der Waals surface area contributed by atoms with Crippen LogP contribution in [0.2, 0.25) is 0 Å². The molecule has 0 saturated carbocycles. The lowest BCUT2D eigenvalue weighted by Gasteiger charge is -2.35. The molecule has 0 aromatic heterocycles. The Morgan fingerprint density at radius 2 is 2.06 bits per heavy atom. The average molecular weight is 266 g/mol. The summed E-state index contributed by atoms with van der Waals surface area (Å²) >= 11 is 0. The number of hydrogen-bond acceptors (Lipinski definition) is 2. The Labute approximate surface area is 104 Å². The number of rotatable bonds is 5. The molecule has 1 aliphatic rings. The highest BCUT2D eigenvalue weighted by molar-refractivity contribution is 5.94. The molecule has 0 aromatic carbocycles. The van der Waals surface area contributed by atoms with E-state index in [2.05, 4.69) is 5.32 Å². The maximum Gasteiger partial charge on any atom is 0.389 e. The summed E-state index contributed by atoms with van der Waals surface area (Å²) in [6.07, 6.45) is -4.15. The Kier molecular flexibility index (Phi) is 4.98. The van der Waals surface area contributed by atoms with Gasteiger partial charge in [-0.3, -0.25) is 9.59 Å². The van der Waals surface area contributed by atoms with Crippen molar-refractivity contribution in [2.45, 2.75) is 44.8 Å². The predicted octanol–water partition coefficient (Wildman–Crippen LogP) is 1.46. The minimum Gasteiger partial charge on any atom is -0.345 e. The van der Waals surface area contributed by atoms with Gasteiger partial charge in [0.1, 0.15) is 6.04 Å². The van der Waals surface area contributed by atoms with Crippen molar-refractivity contribution in [2.24, 2.45) is 0 Å². The minimum atomic E-state index is -4.22. The van der Waals surface area contributed by atoms with Crippen LogP contribution in [0.15, 0.2) is 0 Å². The third-order valence-electron chi connectivity index (χ3n) is 2.83. The number of alkyl halides is 3. The Balaban J connectivity index is 2.57. The lowest BCUT2D eigenvalue weighted by atomic mass is 10.1. The number of hydrogen-bond donors (Lipinski definition) is 1. The number of halogens is 3. The predicted molar refractivity (Wildman–Crippen MR) is 58.7 cm³/mol. The third kappa shape index (κ3) is 4.19. The summed E-state index contributed by atoms with van der Waals surface area (Å²) in [5.74, 6) is -0.585. The summed E-state index contributed by atoms with van der Waals surface area (Å²) in [6.45, 7) is 1.72. The summed E-state index contributed by atoms with van der Waals surface area (Å²) in [5, 5.41) is 2.45. The normalized spacial score (nSPS) is 21.1. The quantitative estimate of drug-likeness (QED) is 0.819. The second-order valence-corrected chi connectivity index (χ2v) is 4.33. The van der Waals surface area contributed by atoms with E-state index in [9.17, 15) is 22.8 Å². The first kappa shape index (κ1) is 14.8. The number of amides is 2. The lowest BCUT2D eigenvalue weighted by molar-refractivity contribution is -0.149. The molecule has 1 saturated heterocycles. The highest BCUT2D eigenvalue weighted by atomic mass is 19.4. The van der Waals surface area contributed by atoms with Crippen molar-refractivity contribution in [3.8, 4) is 0 Å². The maximum atomic E-state index is 12.0. The number of carbonyl (C=O) groups is 2. The first-order chi connectivity index (χ1) is 8.35. The molecule has 1 unspecified atom stereocenters. The first-order valence-electron chi connectivity index (χ1n) is 5.99. The van der Waals surface area contributed by atoms with Gasteiger partial charge in [0.05, 0.1) is 6.54 Å². The van der Waals surface area contributed by atoms with E-state index in [0.717, 1.165) is 0 Å². The van der Waals surface area contributed by atoms with E-state index < -0.39 is 18.6 Å². The third-order valence-corrected chi connectivity index (χ3v) is 2.83. The number of carbonyl (C=O) groups excluding carboxylic acids is 2. The molecule has 0 aromatic rings. The Bertz CT molecular complexity index is 318. The monoisotopic (exact) mass is 266 g/mol. The highest BCUT2D eigenvalue weighted by Gasteiger charge is 2.34. The minimum absolute atomic E-state index is 0.0174. The van der Waals surface area contributed by atoms with E-state index in [0.29, 0.717) is 12.8 Å². The first-order valence-corrected chi connectivity index (χ1v) is 5.99. The topological polar surface area (TPSA) is 49.4 Å². The Morgan fingerprint density at radius 1 is 1.39 bits per heavy atom. The van der Waals surface area contributed by atoms with Crippen LogP contribution in [0.5, 0.6) is 0 Å². The molecule has 1 fully saturated rings. The molecule has 2 amide bonds. The average Bonchev–Trinajstić information content (AvgIpc) is 2.26. The van der Waals surface area contributed by atoms with Crippen molar-refractivity contribution in [1.82, 2.24) is 10.2 Å². The van der Waals surface area contributed by atoms with E-state index in [1.807, 2.05) is 6.92 Å². The summed E-state index contributed by atoms with van der Waals surface area (Å²) in [6, 6.07) is -0.621. The molecule has 0 bridgehead atoms. The zero-order chi connectivity index (χ0) is 13.8. The maximum absolute atomic E-state index is 12.0. The molecule has 4 nitrogen and oxygen atoms in total. The largest absolute Gasteiger partial charge is 0.389 e. The molecule has 0 aliphatic carbocycles. The van der Waals surface area contributed by atoms with Crippen molar-refractivity contribution in [1.29, 1.82) is 0 Å². The summed E-state index contributed by atoms with van der Waals surface area (Å²) < 4.78 is 36.1. The van der Waals surface area contributed by atoms with Gasteiger partial charge in [0, 0.05) is 13.0 Å². The van der Waals surface area contributed by atoms with Crippen LogP contribution in [0.1, 0.15) is 32.6 Å². The molecule has 1 rings (SSSR count). The van der Waals surface area contributed by atoms with Gasteiger partial charge in [-0.15, -0.1) is 0 Å². The van der Waals surface area contributed by atoms with Gasteiger partial charge < -0.3 is 10.2 Å². The van der Waals surface area contributed by atoms with Crippen LogP contribution in [-0.4, -0.2) is 42.0 Å². The molecule has 7 heteroatoms. The fourth-order valence-corrected chi connectivity index (χ4v) is 1.99. The van der Waals surface area contributed by atoms with Gasteiger partial charge in [-0.2, -0.15) is 13.2 Å². The van der Waals surface area contributed by atoms with Gasteiger partial charge in [-0.1, -0.05) is 13.3 Å². The molecular formula is C11H17F3N2O2. The molecule has 1 heterocycles. The van der Waals surface area contributed by atoms with Gasteiger partial charge in [0.15, 0.2) is 0 Å². The smallest absolute Gasteiger partial charge is 0.345 e.